The Hall–Kier alpha value is -3.52. The minimum absolute atomic E-state index is 0.845. The van der Waals surface area contributed by atoms with Gasteiger partial charge in [0.2, 0.25) is 0 Å². The number of halogens is 1. The van der Waals surface area contributed by atoms with Crippen LogP contribution in [0.2, 0.25) is 0 Å². The van der Waals surface area contributed by atoms with Crippen molar-refractivity contribution >= 4 is 40.7 Å². The molecule has 3 aromatic carbocycles. The summed E-state index contributed by atoms with van der Waals surface area (Å²) in [5.74, 6) is 1.69. The predicted octanol–water partition coefficient (Wildman–Crippen LogP) is 5.67. The number of allylic oxidation sites excluding steroid dienone is 2. The molecule has 0 bridgehead atoms. The van der Waals surface area contributed by atoms with E-state index in [0.29, 0.717) is 0 Å². The molecule has 4 aliphatic rings. The lowest BCUT2D eigenvalue weighted by Crippen LogP contribution is -2.69. The lowest BCUT2D eigenvalue weighted by Gasteiger charge is -2.47. The van der Waals surface area contributed by atoms with Crippen molar-refractivity contribution in [3.05, 3.63) is 123 Å². The van der Waals surface area contributed by atoms with Crippen molar-refractivity contribution in [2.45, 2.75) is 0 Å². The van der Waals surface area contributed by atoms with Crippen molar-refractivity contribution in [2.75, 3.05) is 0 Å². The summed E-state index contributed by atoms with van der Waals surface area (Å²) >= 11 is 2.36. The third kappa shape index (κ3) is 2.15. The summed E-state index contributed by atoms with van der Waals surface area (Å²) in [5, 5.41) is 0. The minimum Gasteiger partial charge on any atom is -0.601 e. The molecule has 1 atom stereocenters. The van der Waals surface area contributed by atoms with Crippen LogP contribution in [0.25, 0.3) is 16.8 Å². The molecule has 33 heavy (non-hydrogen) atoms. The maximum absolute atomic E-state index is 6.86. The van der Waals surface area contributed by atoms with Crippen LogP contribution in [0.15, 0.2) is 103 Å². The monoisotopic (exact) mass is 538 g/mol. The van der Waals surface area contributed by atoms with Crippen molar-refractivity contribution in [1.82, 2.24) is 4.48 Å². The Balaban J connectivity index is 1.53. The van der Waals surface area contributed by atoms with Gasteiger partial charge in [0.25, 0.3) is 0 Å². The average Bonchev–Trinajstić information content (AvgIpc) is 3.48. The topological polar surface area (TPSA) is 26.4 Å². The number of rotatable bonds is 1. The molecule has 0 radical (unpaired) electrons. The van der Waals surface area contributed by atoms with Gasteiger partial charge in [-0.05, 0) is 76.7 Å². The summed E-state index contributed by atoms with van der Waals surface area (Å²) in [4.78, 5) is 0. The Morgan fingerprint density at radius 3 is 2.15 bits per heavy atom. The standard InChI is InChI=1S/C27H16BIN2O2/c29-18-11-9-17(10-12-18)27-23-15-13-21-19-5-1-3-7-25(19)32-28(30(21)23)31-22(14-16-24(27)31)20-6-2-4-8-26(20)33-28/h1-16H. The van der Waals surface area contributed by atoms with Gasteiger partial charge in [-0.15, -0.1) is 0 Å². The molecule has 0 saturated carbocycles. The highest BCUT2D eigenvalue weighted by Crippen LogP contribution is 2.49. The maximum atomic E-state index is 6.86. The quantitative estimate of drug-likeness (QED) is 0.231. The highest BCUT2D eigenvalue weighted by molar-refractivity contribution is 14.1. The molecule has 5 heterocycles. The highest BCUT2D eigenvalue weighted by Gasteiger charge is 2.63. The molecule has 0 fully saturated rings. The van der Waals surface area contributed by atoms with Crippen molar-refractivity contribution in [1.29, 1.82) is 0 Å². The molecule has 4 aromatic rings. The van der Waals surface area contributed by atoms with Gasteiger partial charge in [0.05, 0.1) is 22.6 Å². The van der Waals surface area contributed by atoms with E-state index in [2.05, 4.69) is 104 Å². The van der Waals surface area contributed by atoms with E-state index in [1.54, 1.807) is 0 Å². The fourth-order valence-corrected chi connectivity index (χ4v) is 6.09. The van der Waals surface area contributed by atoms with Crippen molar-refractivity contribution in [2.24, 2.45) is 0 Å². The molecule has 4 aliphatic heterocycles. The van der Waals surface area contributed by atoms with Crippen LogP contribution in [-0.4, -0.2) is 21.5 Å². The Morgan fingerprint density at radius 1 is 0.697 bits per heavy atom. The maximum Gasteiger partial charge on any atom is 0.780 e. The number of hydrogen-bond donors (Lipinski definition) is 0. The summed E-state index contributed by atoms with van der Waals surface area (Å²) in [7, 11) is 0. The van der Waals surface area contributed by atoms with E-state index in [0.717, 1.165) is 45.4 Å². The summed E-state index contributed by atoms with van der Waals surface area (Å²) in [6.07, 6.45) is 4.40. The van der Waals surface area contributed by atoms with E-state index in [9.17, 15) is 0 Å². The molecule has 0 saturated heterocycles. The number of para-hydroxylation sites is 2. The third-order valence-electron chi connectivity index (χ3n) is 7.02. The molecule has 1 spiro atoms. The van der Waals surface area contributed by atoms with Crippen LogP contribution in [-0.2, 0) is 0 Å². The minimum atomic E-state index is -2.06. The number of nitrogens with zero attached hydrogens (tertiary/aromatic N) is 2. The van der Waals surface area contributed by atoms with E-state index in [4.69, 9.17) is 9.31 Å². The normalized spacial score (nSPS) is 20.5. The van der Waals surface area contributed by atoms with Gasteiger partial charge in [0.1, 0.15) is 0 Å². The highest BCUT2D eigenvalue weighted by atomic mass is 127. The zero-order valence-electron chi connectivity index (χ0n) is 17.4. The van der Waals surface area contributed by atoms with Gasteiger partial charge in [-0.1, -0.05) is 36.4 Å². The average molecular weight is 538 g/mol. The first kappa shape index (κ1) is 18.0. The molecule has 156 valence electrons. The van der Waals surface area contributed by atoms with Gasteiger partial charge >= 0.3 is 6.82 Å². The number of hydrogen-bond acceptors (Lipinski definition) is 2. The lowest BCUT2D eigenvalue weighted by atomic mass is 9.75. The summed E-state index contributed by atoms with van der Waals surface area (Å²) < 4.78 is 19.5. The van der Waals surface area contributed by atoms with E-state index in [-0.39, 0.29) is 0 Å². The lowest BCUT2D eigenvalue weighted by molar-refractivity contribution is -0.372. The molecular formula is C27H16BIN2O2. The van der Waals surface area contributed by atoms with E-state index in [1.807, 2.05) is 24.3 Å². The molecular weight excluding hydrogens is 522 g/mol. The largest absolute Gasteiger partial charge is 0.780 e. The number of aromatic nitrogens is 1. The van der Waals surface area contributed by atoms with E-state index in [1.165, 1.54) is 14.7 Å². The van der Waals surface area contributed by atoms with Gasteiger partial charge in [-0.3, -0.25) is 0 Å². The van der Waals surface area contributed by atoms with Crippen LogP contribution in [0.1, 0.15) is 16.8 Å². The molecule has 1 unspecified atom stereocenters. The second-order valence-electron chi connectivity index (χ2n) is 8.69. The van der Waals surface area contributed by atoms with Crippen LogP contribution in [0.4, 0.5) is 0 Å². The Labute approximate surface area is 204 Å². The number of fused-ring (bicyclic) bond motifs is 4. The zero-order valence-corrected chi connectivity index (χ0v) is 19.6. The molecule has 6 heteroatoms. The van der Waals surface area contributed by atoms with Crippen LogP contribution in [0.3, 0.4) is 0 Å². The van der Waals surface area contributed by atoms with Gasteiger partial charge in [-0.25, -0.2) is 0 Å². The number of benzene rings is 3. The van der Waals surface area contributed by atoms with Gasteiger partial charge in [0.15, 0.2) is 11.4 Å². The van der Waals surface area contributed by atoms with Gasteiger partial charge in [-0.2, -0.15) is 0 Å². The third-order valence-corrected chi connectivity index (χ3v) is 7.74. The molecule has 0 aliphatic carbocycles. The van der Waals surface area contributed by atoms with Crippen molar-refractivity contribution in [3.8, 4) is 22.8 Å². The van der Waals surface area contributed by atoms with Crippen LogP contribution in [0.5, 0.6) is 11.5 Å². The van der Waals surface area contributed by atoms with Crippen molar-refractivity contribution in [3.63, 3.8) is 0 Å². The van der Waals surface area contributed by atoms with Gasteiger partial charge < -0.3 is 18.3 Å². The first-order valence-corrected chi connectivity index (χ1v) is 12.1. The Kier molecular flexibility index (Phi) is 3.31. The fraction of sp³-hybridized carbons (Fsp3) is 0. The second-order valence-corrected chi connectivity index (χ2v) is 9.94. The van der Waals surface area contributed by atoms with E-state index < -0.39 is 6.82 Å². The first-order valence-electron chi connectivity index (χ1n) is 11.0. The Bertz CT molecular complexity index is 1630. The molecule has 4 nitrogen and oxygen atoms in total. The van der Waals surface area contributed by atoms with E-state index >= 15 is 0 Å². The zero-order chi connectivity index (χ0) is 21.7. The SMILES string of the molecule is Ic1ccc(C2=C3C=CC4=[N+]3[B-]3(Oc5ccccc54)Oc4ccccc4-c4ccc2n43)cc1. The molecule has 0 amide bonds. The molecule has 0 N–H and O–H groups in total. The molecule has 1 aromatic heterocycles. The molecule has 8 rings (SSSR count). The summed E-state index contributed by atoms with van der Waals surface area (Å²) in [6, 6.07) is 29.6. The Morgan fingerprint density at radius 2 is 1.36 bits per heavy atom. The first-order chi connectivity index (χ1) is 16.2. The second kappa shape index (κ2) is 6.08. The van der Waals surface area contributed by atoms with Crippen molar-refractivity contribution < 1.29 is 13.8 Å². The van der Waals surface area contributed by atoms with Crippen LogP contribution >= 0.6 is 22.6 Å². The predicted molar refractivity (Wildman–Crippen MR) is 137 cm³/mol. The van der Waals surface area contributed by atoms with Crippen LogP contribution < -0.4 is 9.31 Å². The summed E-state index contributed by atoms with van der Waals surface area (Å²) in [6.45, 7) is -2.06. The fourth-order valence-electron chi connectivity index (χ4n) is 5.73. The smallest absolute Gasteiger partial charge is 0.601 e. The van der Waals surface area contributed by atoms with Crippen LogP contribution in [0, 0.1) is 3.57 Å². The summed E-state index contributed by atoms with van der Waals surface area (Å²) in [5.41, 5.74) is 8.97. The van der Waals surface area contributed by atoms with Gasteiger partial charge in [0, 0.05) is 32.7 Å².